The summed E-state index contributed by atoms with van der Waals surface area (Å²) >= 11 is 0. The number of anilines is 1. The number of nitrogens with one attached hydrogen (secondary N) is 3. The molecule has 1 heterocycles. The molecular weight excluding hydrogens is 315 g/mol. The molecule has 0 saturated heterocycles. The van der Waals surface area contributed by atoms with Crippen molar-refractivity contribution in [3.05, 3.63) is 60.0 Å². The van der Waals surface area contributed by atoms with Crippen molar-refractivity contribution in [2.75, 3.05) is 5.32 Å². The third-order valence-corrected chi connectivity index (χ3v) is 5.05. The van der Waals surface area contributed by atoms with E-state index in [9.17, 15) is 4.39 Å². The summed E-state index contributed by atoms with van der Waals surface area (Å²) in [4.78, 5) is 0. The Labute approximate surface area is 146 Å². The monoisotopic (exact) mass is 338 g/mol. The standard InChI is InChI=1S/C20H23FN4/c21-16-3-1-14(2-4-16)12-22-17-5-7-18(8-6-17)24-19-9-10-20-15(11-19)13-23-25-20/h1-4,9-11,13,17-18,22,24H,5-8,12H2,(H,23,25)/t17-,18-. The zero-order valence-corrected chi connectivity index (χ0v) is 14.1. The Balaban J connectivity index is 1.25. The molecule has 0 spiro atoms. The van der Waals surface area contributed by atoms with Crippen molar-refractivity contribution in [1.82, 2.24) is 15.5 Å². The Morgan fingerprint density at radius 1 is 1.00 bits per heavy atom. The van der Waals surface area contributed by atoms with Gasteiger partial charge in [0.15, 0.2) is 0 Å². The summed E-state index contributed by atoms with van der Waals surface area (Å²) in [6, 6.07) is 14.1. The van der Waals surface area contributed by atoms with Crippen molar-refractivity contribution in [3.63, 3.8) is 0 Å². The predicted octanol–water partition coefficient (Wildman–Crippen LogP) is 4.21. The number of nitrogens with zero attached hydrogens (tertiary/aromatic N) is 1. The maximum Gasteiger partial charge on any atom is 0.123 e. The number of halogens is 1. The van der Waals surface area contributed by atoms with Crippen LogP contribution in [0.25, 0.3) is 10.9 Å². The van der Waals surface area contributed by atoms with Crippen molar-refractivity contribution in [1.29, 1.82) is 0 Å². The molecule has 1 saturated carbocycles. The topological polar surface area (TPSA) is 52.7 Å². The molecule has 1 aliphatic rings. The van der Waals surface area contributed by atoms with E-state index >= 15 is 0 Å². The first-order valence-corrected chi connectivity index (χ1v) is 8.94. The normalized spacial score (nSPS) is 20.7. The molecule has 1 aromatic heterocycles. The fourth-order valence-electron chi connectivity index (χ4n) is 3.57. The van der Waals surface area contributed by atoms with Crippen LogP contribution in [-0.2, 0) is 6.54 Å². The van der Waals surface area contributed by atoms with Gasteiger partial charge < -0.3 is 10.6 Å². The summed E-state index contributed by atoms with van der Waals surface area (Å²) < 4.78 is 12.9. The lowest BCUT2D eigenvalue weighted by molar-refractivity contribution is 0.353. The van der Waals surface area contributed by atoms with Gasteiger partial charge in [-0.15, -0.1) is 0 Å². The molecule has 3 aromatic rings. The van der Waals surface area contributed by atoms with Gasteiger partial charge in [0.2, 0.25) is 0 Å². The van der Waals surface area contributed by atoms with Crippen LogP contribution in [0.2, 0.25) is 0 Å². The number of aromatic nitrogens is 2. The van der Waals surface area contributed by atoms with Crippen molar-refractivity contribution < 1.29 is 4.39 Å². The van der Waals surface area contributed by atoms with Crippen LogP contribution in [0, 0.1) is 5.82 Å². The number of aromatic amines is 1. The molecule has 3 N–H and O–H groups in total. The Bertz CT molecular complexity index is 819. The highest BCUT2D eigenvalue weighted by Gasteiger charge is 2.20. The first-order valence-electron chi connectivity index (χ1n) is 8.94. The van der Waals surface area contributed by atoms with Gasteiger partial charge in [-0.05, 0) is 61.6 Å². The lowest BCUT2D eigenvalue weighted by Gasteiger charge is -2.30. The van der Waals surface area contributed by atoms with E-state index in [1.54, 1.807) is 0 Å². The Morgan fingerprint density at radius 2 is 1.76 bits per heavy atom. The second-order valence-electron chi connectivity index (χ2n) is 6.87. The van der Waals surface area contributed by atoms with E-state index in [0.29, 0.717) is 12.1 Å². The van der Waals surface area contributed by atoms with E-state index in [2.05, 4.69) is 39.0 Å². The minimum atomic E-state index is -0.177. The van der Waals surface area contributed by atoms with Gasteiger partial charge in [0.1, 0.15) is 5.82 Å². The largest absolute Gasteiger partial charge is 0.382 e. The molecule has 0 bridgehead atoms. The van der Waals surface area contributed by atoms with E-state index in [0.717, 1.165) is 54.4 Å². The molecule has 0 amide bonds. The molecular formula is C20H23FN4. The Kier molecular flexibility index (Phi) is 4.65. The van der Waals surface area contributed by atoms with Crippen LogP contribution in [0.4, 0.5) is 10.1 Å². The van der Waals surface area contributed by atoms with Gasteiger partial charge in [0, 0.05) is 29.7 Å². The number of fused-ring (bicyclic) bond motifs is 1. The highest BCUT2D eigenvalue weighted by molar-refractivity contribution is 5.81. The van der Waals surface area contributed by atoms with Gasteiger partial charge in [0.25, 0.3) is 0 Å². The van der Waals surface area contributed by atoms with Crippen LogP contribution < -0.4 is 10.6 Å². The zero-order valence-electron chi connectivity index (χ0n) is 14.1. The molecule has 4 nitrogen and oxygen atoms in total. The quantitative estimate of drug-likeness (QED) is 0.653. The zero-order chi connectivity index (χ0) is 17.1. The number of hydrogen-bond acceptors (Lipinski definition) is 3. The first kappa shape index (κ1) is 16.1. The van der Waals surface area contributed by atoms with Crippen LogP contribution in [0.1, 0.15) is 31.2 Å². The summed E-state index contributed by atoms with van der Waals surface area (Å²) in [6.45, 7) is 0.806. The fourth-order valence-corrected chi connectivity index (χ4v) is 3.57. The van der Waals surface area contributed by atoms with Crippen LogP contribution in [0.15, 0.2) is 48.7 Å². The van der Waals surface area contributed by atoms with Crippen molar-refractivity contribution in [3.8, 4) is 0 Å². The van der Waals surface area contributed by atoms with Crippen molar-refractivity contribution in [2.45, 2.75) is 44.3 Å². The third kappa shape index (κ3) is 3.99. The Morgan fingerprint density at radius 3 is 2.56 bits per heavy atom. The van der Waals surface area contributed by atoms with Crippen LogP contribution >= 0.6 is 0 Å². The molecule has 4 rings (SSSR count). The van der Waals surface area contributed by atoms with Crippen molar-refractivity contribution >= 4 is 16.6 Å². The lowest BCUT2D eigenvalue weighted by atomic mass is 9.91. The van der Waals surface area contributed by atoms with Crippen LogP contribution in [0.5, 0.6) is 0 Å². The van der Waals surface area contributed by atoms with Crippen LogP contribution in [-0.4, -0.2) is 22.3 Å². The van der Waals surface area contributed by atoms with Crippen LogP contribution in [0.3, 0.4) is 0 Å². The molecule has 130 valence electrons. The van der Waals surface area contributed by atoms with E-state index in [1.807, 2.05) is 18.3 Å². The number of H-pyrrole nitrogens is 1. The fraction of sp³-hybridized carbons (Fsp3) is 0.350. The van der Waals surface area contributed by atoms with E-state index in [1.165, 1.54) is 12.1 Å². The smallest absolute Gasteiger partial charge is 0.123 e. The molecule has 0 atom stereocenters. The summed E-state index contributed by atoms with van der Waals surface area (Å²) in [5.74, 6) is -0.177. The first-order chi connectivity index (χ1) is 12.3. The average Bonchev–Trinajstić information content (AvgIpc) is 3.10. The van der Waals surface area contributed by atoms with Gasteiger partial charge in [-0.2, -0.15) is 5.10 Å². The van der Waals surface area contributed by atoms with Gasteiger partial charge in [-0.1, -0.05) is 12.1 Å². The highest BCUT2D eigenvalue weighted by Crippen LogP contribution is 2.24. The van der Waals surface area contributed by atoms with Crippen molar-refractivity contribution in [2.24, 2.45) is 0 Å². The molecule has 5 heteroatoms. The summed E-state index contributed by atoms with van der Waals surface area (Å²) in [5.41, 5.74) is 3.37. The summed E-state index contributed by atoms with van der Waals surface area (Å²) in [7, 11) is 0. The summed E-state index contributed by atoms with van der Waals surface area (Å²) in [5, 5.41) is 15.4. The number of rotatable bonds is 5. The Hall–Kier alpha value is -2.40. The third-order valence-electron chi connectivity index (χ3n) is 5.05. The predicted molar refractivity (Wildman–Crippen MR) is 99.0 cm³/mol. The SMILES string of the molecule is Fc1ccc(CN[C@H]2CC[C@H](Nc3ccc4[nH]ncc4c3)CC2)cc1. The molecule has 1 fully saturated rings. The number of benzene rings is 2. The number of hydrogen-bond donors (Lipinski definition) is 3. The summed E-state index contributed by atoms with van der Waals surface area (Å²) in [6.07, 6.45) is 6.49. The van der Waals surface area contributed by atoms with Gasteiger partial charge in [0.05, 0.1) is 11.7 Å². The maximum absolute atomic E-state index is 12.9. The maximum atomic E-state index is 12.9. The van der Waals surface area contributed by atoms with Gasteiger partial charge >= 0.3 is 0 Å². The van der Waals surface area contributed by atoms with Gasteiger partial charge in [-0.3, -0.25) is 5.10 Å². The second-order valence-corrected chi connectivity index (χ2v) is 6.87. The molecule has 1 aliphatic carbocycles. The van der Waals surface area contributed by atoms with E-state index in [-0.39, 0.29) is 5.82 Å². The van der Waals surface area contributed by atoms with E-state index < -0.39 is 0 Å². The average molecular weight is 338 g/mol. The minimum absolute atomic E-state index is 0.177. The molecule has 25 heavy (non-hydrogen) atoms. The molecule has 2 aromatic carbocycles. The molecule has 0 aliphatic heterocycles. The van der Waals surface area contributed by atoms with E-state index in [4.69, 9.17) is 0 Å². The minimum Gasteiger partial charge on any atom is -0.382 e. The highest BCUT2D eigenvalue weighted by atomic mass is 19.1. The second kappa shape index (κ2) is 7.23. The molecule has 0 unspecified atom stereocenters. The molecule has 0 radical (unpaired) electrons. The lowest BCUT2D eigenvalue weighted by Crippen LogP contribution is -2.36. The van der Waals surface area contributed by atoms with Gasteiger partial charge in [-0.25, -0.2) is 4.39 Å².